The van der Waals surface area contributed by atoms with E-state index in [4.69, 9.17) is 14.2 Å². The van der Waals surface area contributed by atoms with Gasteiger partial charge in [-0.15, -0.1) is 0 Å². The van der Waals surface area contributed by atoms with Crippen molar-refractivity contribution in [3.63, 3.8) is 0 Å². The minimum Gasteiger partial charge on any atom is -0.456 e. The van der Waals surface area contributed by atoms with E-state index in [0.717, 1.165) is 22.3 Å². The predicted molar refractivity (Wildman–Crippen MR) is 204 cm³/mol. The molecule has 12 nitrogen and oxygen atoms in total. The van der Waals surface area contributed by atoms with Gasteiger partial charge in [-0.05, 0) is 147 Å². The molecule has 3 aromatic rings. The van der Waals surface area contributed by atoms with E-state index in [0.29, 0.717) is 41.8 Å². The Morgan fingerprint density at radius 1 is 0.815 bits per heavy atom. The number of para-hydroxylation sites is 1. The normalized spacial score (nSPS) is 16.3. The first kappa shape index (κ1) is 40.3. The van der Waals surface area contributed by atoms with Gasteiger partial charge in [0.05, 0.1) is 10.5 Å². The van der Waals surface area contributed by atoms with Gasteiger partial charge >= 0.3 is 18.2 Å². The fourth-order valence-corrected chi connectivity index (χ4v) is 7.86. The van der Waals surface area contributed by atoms with E-state index in [1.807, 2.05) is 63.8 Å². The van der Waals surface area contributed by atoms with E-state index in [1.54, 1.807) is 59.7 Å². The molecule has 0 radical (unpaired) electrons. The van der Waals surface area contributed by atoms with Gasteiger partial charge < -0.3 is 24.4 Å². The number of rotatable bonds is 7. The third-order valence-corrected chi connectivity index (χ3v) is 10.4. The van der Waals surface area contributed by atoms with Crippen molar-refractivity contribution in [2.24, 2.45) is 0 Å². The minimum atomic E-state index is -4.75. The first-order valence-corrected chi connectivity index (χ1v) is 19.4. The summed E-state index contributed by atoms with van der Waals surface area (Å²) in [7, 11) is -4.75. The second kappa shape index (κ2) is 14.4. The van der Waals surface area contributed by atoms with Gasteiger partial charge in [0.25, 0.3) is 15.9 Å². The van der Waals surface area contributed by atoms with Crippen molar-refractivity contribution < 1.29 is 41.8 Å². The monoisotopic (exact) mass is 761 g/mol. The quantitative estimate of drug-likeness (QED) is 0.185. The summed E-state index contributed by atoms with van der Waals surface area (Å²) in [6.45, 7) is 19.1. The molecule has 0 saturated heterocycles. The molecule has 2 unspecified atom stereocenters. The summed E-state index contributed by atoms with van der Waals surface area (Å²) in [5.41, 5.74) is 3.05. The maximum absolute atomic E-state index is 14.0. The van der Waals surface area contributed by atoms with Crippen LogP contribution in [-0.4, -0.2) is 64.5 Å². The zero-order valence-corrected chi connectivity index (χ0v) is 33.8. The summed E-state index contributed by atoms with van der Waals surface area (Å²) >= 11 is 0. The highest BCUT2D eigenvalue weighted by Gasteiger charge is 2.43. The first-order valence-electron chi connectivity index (χ1n) is 18.0. The van der Waals surface area contributed by atoms with Gasteiger partial charge in [-0.1, -0.05) is 28.6 Å². The maximum Gasteiger partial charge on any atom is 0.434 e. The molecule has 13 heteroatoms. The molecule has 0 spiro atoms. The number of hydrogen-bond acceptors (Lipinski definition) is 10. The molecule has 5 rings (SSSR count). The number of nitrogens with one attached hydrogen (secondary N) is 1. The Bertz CT molecular complexity index is 2080. The highest BCUT2D eigenvalue weighted by molar-refractivity contribution is 7.90. The molecule has 0 aromatic heterocycles. The Labute approximate surface area is 318 Å². The molecular formula is C41H51N3O9S. The van der Waals surface area contributed by atoms with Gasteiger partial charge in [-0.3, -0.25) is 4.79 Å². The van der Waals surface area contributed by atoms with E-state index in [1.165, 1.54) is 12.1 Å². The number of carbonyl (C=O) groups is 4. The van der Waals surface area contributed by atoms with E-state index >= 15 is 0 Å². The predicted octanol–water partition coefficient (Wildman–Crippen LogP) is 8.11. The van der Waals surface area contributed by atoms with Crippen molar-refractivity contribution in [2.75, 3.05) is 5.32 Å². The highest BCUT2D eigenvalue weighted by Crippen LogP contribution is 2.38. The maximum atomic E-state index is 14.0. The van der Waals surface area contributed by atoms with Crippen LogP contribution in [0.1, 0.15) is 124 Å². The standard InChI is InChI=1S/C41H51N3O9S/c1-24-18-31(25(2)42-34-15-13-12-14-30(34)36(46)51-39(3,4)5)33-23-43(35(45)32(33)19-24)28-20-26-16-17-29(22-27(26)21-28)54(49,50)44(37(47)52-40(6,7)8)38(48)53-41(9,10)11/h12-19,22,25,28,42H,20-21,23H2,1-11H3. The SMILES string of the molecule is Cc1cc2c(c(C(C)Nc3ccccc3C(=O)OC(C)(C)C)c1)CN(C1Cc3ccc(S(=O)(=O)N(C(=O)OC(C)(C)C)C(=O)OC(C)(C)C)cc3C1)C2=O. The number of nitrogens with zero attached hydrogens (tertiary/aromatic N) is 2. The second-order valence-corrected chi connectivity index (χ2v) is 18.7. The number of benzene rings is 3. The molecule has 1 aliphatic carbocycles. The van der Waals surface area contributed by atoms with Crippen LogP contribution < -0.4 is 5.32 Å². The summed E-state index contributed by atoms with van der Waals surface area (Å²) in [5.74, 6) is -0.559. The van der Waals surface area contributed by atoms with Crippen molar-refractivity contribution in [2.45, 2.75) is 129 Å². The van der Waals surface area contributed by atoms with Gasteiger partial charge in [-0.25, -0.2) is 22.8 Å². The number of hydrogen-bond donors (Lipinski definition) is 1. The summed E-state index contributed by atoms with van der Waals surface area (Å²) in [4.78, 5) is 54.9. The van der Waals surface area contributed by atoms with Gasteiger partial charge in [0, 0.05) is 29.9 Å². The number of esters is 1. The van der Waals surface area contributed by atoms with Gasteiger partial charge in [-0.2, -0.15) is 0 Å². The van der Waals surface area contributed by atoms with Gasteiger partial charge in [0.15, 0.2) is 0 Å². The number of sulfonamides is 1. The van der Waals surface area contributed by atoms with Gasteiger partial charge in [0.2, 0.25) is 0 Å². The Balaban J connectivity index is 1.39. The summed E-state index contributed by atoms with van der Waals surface area (Å²) < 4.78 is 44.2. The lowest BCUT2D eigenvalue weighted by molar-refractivity contribution is 0.00675. The molecule has 0 saturated carbocycles. The Morgan fingerprint density at radius 3 is 1.98 bits per heavy atom. The van der Waals surface area contributed by atoms with Crippen molar-refractivity contribution in [3.05, 3.63) is 93.5 Å². The molecule has 54 heavy (non-hydrogen) atoms. The minimum absolute atomic E-state index is 0.0310. The number of ether oxygens (including phenoxy) is 3. The van der Waals surface area contributed by atoms with Crippen LogP contribution in [0.4, 0.5) is 15.3 Å². The number of aryl methyl sites for hydroxylation is 1. The Hall–Kier alpha value is -4.91. The Morgan fingerprint density at radius 2 is 1.39 bits per heavy atom. The average molecular weight is 762 g/mol. The highest BCUT2D eigenvalue weighted by atomic mass is 32.2. The van der Waals surface area contributed by atoms with E-state index in [2.05, 4.69) is 5.32 Å². The third-order valence-electron chi connectivity index (χ3n) is 8.82. The molecule has 1 heterocycles. The van der Waals surface area contributed by atoms with Crippen LogP contribution in [-0.2, 0) is 43.6 Å². The van der Waals surface area contributed by atoms with E-state index < -0.39 is 45.0 Å². The van der Waals surface area contributed by atoms with Crippen molar-refractivity contribution in [3.8, 4) is 0 Å². The molecule has 290 valence electrons. The number of anilines is 1. The average Bonchev–Trinajstić information content (AvgIpc) is 3.58. The number of fused-ring (bicyclic) bond motifs is 2. The van der Waals surface area contributed by atoms with Crippen LogP contribution in [0, 0.1) is 6.92 Å². The van der Waals surface area contributed by atoms with Crippen LogP contribution in [0.3, 0.4) is 0 Å². The summed E-state index contributed by atoms with van der Waals surface area (Å²) in [6, 6.07) is 15.0. The Kier molecular flexibility index (Phi) is 10.7. The largest absolute Gasteiger partial charge is 0.456 e. The zero-order chi connectivity index (χ0) is 40.1. The van der Waals surface area contributed by atoms with Crippen molar-refractivity contribution >= 4 is 39.8 Å². The first-order chi connectivity index (χ1) is 24.8. The van der Waals surface area contributed by atoms with E-state index in [-0.39, 0.29) is 27.2 Å². The molecule has 3 amide bonds. The molecule has 0 bridgehead atoms. The lowest BCUT2D eigenvalue weighted by Gasteiger charge is -2.28. The molecule has 1 aliphatic heterocycles. The van der Waals surface area contributed by atoms with Gasteiger partial charge in [0.1, 0.15) is 16.8 Å². The van der Waals surface area contributed by atoms with Crippen molar-refractivity contribution in [1.82, 2.24) is 9.21 Å². The fourth-order valence-electron chi connectivity index (χ4n) is 6.66. The van der Waals surface area contributed by atoms with Crippen molar-refractivity contribution in [1.29, 1.82) is 0 Å². The number of carbonyl (C=O) groups excluding carboxylic acids is 4. The van der Waals surface area contributed by atoms with E-state index in [9.17, 15) is 27.6 Å². The second-order valence-electron chi connectivity index (χ2n) is 16.9. The third kappa shape index (κ3) is 8.89. The van der Waals surface area contributed by atoms with Crippen LogP contribution in [0.15, 0.2) is 59.5 Å². The van der Waals surface area contributed by atoms with Crippen LogP contribution in [0.2, 0.25) is 0 Å². The van der Waals surface area contributed by atoms with Crippen LogP contribution in [0.5, 0.6) is 0 Å². The lowest BCUT2D eigenvalue weighted by Crippen LogP contribution is -2.46. The molecule has 3 aromatic carbocycles. The molecular weight excluding hydrogens is 711 g/mol. The molecule has 2 atom stereocenters. The molecule has 0 fully saturated rings. The number of amides is 3. The topological polar surface area (TPSA) is 149 Å². The number of imide groups is 1. The lowest BCUT2D eigenvalue weighted by atomic mass is 9.95. The fraction of sp³-hybridized carbons (Fsp3) is 0.463. The smallest absolute Gasteiger partial charge is 0.434 e. The van der Waals surface area contributed by atoms with Crippen LogP contribution in [0.25, 0.3) is 0 Å². The summed E-state index contributed by atoms with van der Waals surface area (Å²) in [5, 5.41) is 3.48. The van der Waals surface area contributed by atoms with Crippen LogP contribution >= 0.6 is 0 Å². The molecule has 2 aliphatic rings. The zero-order valence-electron chi connectivity index (χ0n) is 32.9. The molecule has 1 N–H and O–H groups in total. The summed E-state index contributed by atoms with van der Waals surface area (Å²) in [6.07, 6.45) is -1.90.